The minimum absolute atomic E-state index is 0.280. The molecule has 112 valence electrons. The second kappa shape index (κ2) is 6.88. The van der Waals surface area contributed by atoms with Gasteiger partial charge in [0.05, 0.1) is 12.8 Å². The van der Waals surface area contributed by atoms with Crippen LogP contribution in [0.4, 0.5) is 10.1 Å². The molecule has 1 N–H and O–H groups in total. The van der Waals surface area contributed by atoms with E-state index in [1.54, 1.807) is 36.1 Å². The molecule has 0 aliphatic rings. The van der Waals surface area contributed by atoms with Crippen LogP contribution in [-0.4, -0.2) is 22.4 Å². The molecule has 0 spiro atoms. The van der Waals surface area contributed by atoms with Gasteiger partial charge in [-0.3, -0.25) is 4.68 Å². The first-order chi connectivity index (χ1) is 10.1. The zero-order valence-electron chi connectivity index (χ0n) is 12.0. The lowest BCUT2D eigenvalue weighted by Gasteiger charge is -2.17. The Kier molecular flexibility index (Phi) is 4.92. The molecule has 0 saturated heterocycles. The summed E-state index contributed by atoms with van der Waals surface area (Å²) in [5.74, 6) is -0.788. The highest BCUT2D eigenvalue weighted by Crippen LogP contribution is 2.21. The van der Waals surface area contributed by atoms with Gasteiger partial charge in [0.2, 0.25) is 0 Å². The average Bonchev–Trinajstić information content (AvgIpc) is 2.93. The van der Waals surface area contributed by atoms with Crippen LogP contribution in [0.3, 0.4) is 0 Å². The highest BCUT2D eigenvalue weighted by Gasteiger charge is 2.23. The van der Waals surface area contributed by atoms with Gasteiger partial charge in [-0.25, -0.2) is 9.18 Å². The number of aryl methyl sites for hydroxylation is 1. The molecule has 21 heavy (non-hydrogen) atoms. The van der Waals surface area contributed by atoms with Crippen LogP contribution < -0.4 is 5.32 Å². The van der Waals surface area contributed by atoms with Gasteiger partial charge in [-0.15, -0.1) is 0 Å². The van der Waals surface area contributed by atoms with E-state index in [-0.39, 0.29) is 12.4 Å². The first-order valence-electron chi connectivity index (χ1n) is 6.85. The van der Waals surface area contributed by atoms with E-state index in [1.165, 1.54) is 12.1 Å². The number of nitrogens with zero attached hydrogens (tertiary/aromatic N) is 2. The standard InChI is InChI=1S/C15H18FN3O2/c1-3-19-10-11(9-17-19)14(15(20)21-4-2)18-13-7-5-6-12(16)8-13/h5-10,14,18H,3-4H2,1-2H3. The molecule has 0 radical (unpaired) electrons. The summed E-state index contributed by atoms with van der Waals surface area (Å²) < 4.78 is 20.0. The Morgan fingerprint density at radius 1 is 1.48 bits per heavy atom. The first kappa shape index (κ1) is 15.0. The molecular formula is C15H18FN3O2. The second-order valence-electron chi connectivity index (χ2n) is 4.47. The number of aromatic nitrogens is 2. The minimum Gasteiger partial charge on any atom is -0.464 e. The van der Waals surface area contributed by atoms with Crippen LogP contribution in [0.1, 0.15) is 25.5 Å². The number of anilines is 1. The van der Waals surface area contributed by atoms with Crippen molar-refractivity contribution in [3.63, 3.8) is 0 Å². The van der Waals surface area contributed by atoms with Crippen LogP contribution in [0, 0.1) is 5.82 Å². The summed E-state index contributed by atoms with van der Waals surface area (Å²) in [6.07, 6.45) is 3.38. The highest BCUT2D eigenvalue weighted by atomic mass is 19.1. The summed E-state index contributed by atoms with van der Waals surface area (Å²) in [5.41, 5.74) is 1.19. The van der Waals surface area contributed by atoms with Crippen LogP contribution in [0.25, 0.3) is 0 Å². The van der Waals surface area contributed by atoms with Crippen molar-refractivity contribution in [2.45, 2.75) is 26.4 Å². The lowest BCUT2D eigenvalue weighted by Crippen LogP contribution is -2.23. The average molecular weight is 291 g/mol. The SMILES string of the molecule is CCOC(=O)C(Nc1cccc(F)c1)c1cnn(CC)c1. The molecule has 1 aromatic carbocycles. The maximum absolute atomic E-state index is 13.3. The summed E-state index contributed by atoms with van der Waals surface area (Å²) in [6.45, 7) is 4.68. The summed E-state index contributed by atoms with van der Waals surface area (Å²) in [4.78, 5) is 12.1. The molecule has 0 bridgehead atoms. The molecule has 0 aliphatic heterocycles. The van der Waals surface area contributed by atoms with E-state index in [1.807, 2.05) is 6.92 Å². The Labute approximate surface area is 122 Å². The molecule has 1 unspecified atom stereocenters. The van der Waals surface area contributed by atoms with E-state index in [9.17, 15) is 9.18 Å². The van der Waals surface area contributed by atoms with Gasteiger partial charge in [-0.2, -0.15) is 5.10 Å². The van der Waals surface area contributed by atoms with Gasteiger partial charge >= 0.3 is 5.97 Å². The van der Waals surface area contributed by atoms with Crippen LogP contribution in [0.5, 0.6) is 0 Å². The van der Waals surface area contributed by atoms with Gasteiger partial charge in [-0.05, 0) is 32.0 Å². The molecule has 2 rings (SSSR count). The number of rotatable bonds is 6. The Morgan fingerprint density at radius 2 is 2.29 bits per heavy atom. The Morgan fingerprint density at radius 3 is 2.90 bits per heavy atom. The maximum Gasteiger partial charge on any atom is 0.333 e. The smallest absolute Gasteiger partial charge is 0.333 e. The number of hydrogen-bond donors (Lipinski definition) is 1. The van der Waals surface area contributed by atoms with E-state index in [0.29, 0.717) is 17.8 Å². The van der Waals surface area contributed by atoms with Crippen molar-refractivity contribution < 1.29 is 13.9 Å². The lowest BCUT2D eigenvalue weighted by atomic mass is 10.1. The topological polar surface area (TPSA) is 56.1 Å². The molecule has 1 aromatic heterocycles. The number of nitrogens with one attached hydrogen (secondary N) is 1. The molecule has 1 heterocycles. The van der Waals surface area contributed by atoms with Crippen LogP contribution in [0.15, 0.2) is 36.7 Å². The number of hydrogen-bond acceptors (Lipinski definition) is 4. The van der Waals surface area contributed by atoms with E-state index >= 15 is 0 Å². The molecule has 1 atom stereocenters. The van der Waals surface area contributed by atoms with Crippen molar-refractivity contribution in [2.75, 3.05) is 11.9 Å². The van der Waals surface area contributed by atoms with Crippen LogP contribution in [0.2, 0.25) is 0 Å². The molecule has 0 aliphatic carbocycles. The Balaban J connectivity index is 2.25. The van der Waals surface area contributed by atoms with Gasteiger partial charge < -0.3 is 10.1 Å². The molecule has 6 heteroatoms. The van der Waals surface area contributed by atoms with Gasteiger partial charge in [0.25, 0.3) is 0 Å². The lowest BCUT2D eigenvalue weighted by molar-refractivity contribution is -0.144. The van der Waals surface area contributed by atoms with E-state index in [4.69, 9.17) is 4.74 Å². The number of carbonyl (C=O) groups excluding carboxylic acids is 1. The first-order valence-corrected chi connectivity index (χ1v) is 6.85. The monoisotopic (exact) mass is 291 g/mol. The molecule has 5 nitrogen and oxygen atoms in total. The number of halogens is 1. The van der Waals surface area contributed by atoms with Gasteiger partial charge in [-0.1, -0.05) is 6.07 Å². The van der Waals surface area contributed by atoms with Crippen molar-refractivity contribution in [3.8, 4) is 0 Å². The van der Waals surface area contributed by atoms with Crippen molar-refractivity contribution in [1.82, 2.24) is 9.78 Å². The predicted octanol–water partition coefficient (Wildman–Crippen LogP) is 2.76. The quantitative estimate of drug-likeness (QED) is 0.831. The fraction of sp³-hybridized carbons (Fsp3) is 0.333. The van der Waals surface area contributed by atoms with E-state index in [2.05, 4.69) is 10.4 Å². The van der Waals surface area contributed by atoms with Gasteiger partial charge in [0.15, 0.2) is 6.04 Å². The van der Waals surface area contributed by atoms with Crippen LogP contribution in [-0.2, 0) is 16.1 Å². The third-order valence-electron chi connectivity index (χ3n) is 2.97. The molecular weight excluding hydrogens is 273 g/mol. The Bertz CT molecular complexity index is 612. The van der Waals surface area contributed by atoms with Crippen molar-refractivity contribution >= 4 is 11.7 Å². The van der Waals surface area contributed by atoms with Crippen LogP contribution >= 0.6 is 0 Å². The Hall–Kier alpha value is -2.37. The normalized spacial score (nSPS) is 12.0. The third kappa shape index (κ3) is 3.81. The van der Waals surface area contributed by atoms with Crippen molar-refractivity contribution in [3.05, 3.63) is 48.0 Å². The summed E-state index contributed by atoms with van der Waals surface area (Å²) in [5, 5.41) is 7.14. The molecule has 2 aromatic rings. The third-order valence-corrected chi connectivity index (χ3v) is 2.97. The summed E-state index contributed by atoms with van der Waals surface area (Å²) in [7, 11) is 0. The van der Waals surface area contributed by atoms with Crippen molar-refractivity contribution in [2.24, 2.45) is 0 Å². The number of ether oxygens (including phenoxy) is 1. The molecule has 0 saturated carbocycles. The van der Waals surface area contributed by atoms with E-state index in [0.717, 1.165) is 0 Å². The molecule has 0 fully saturated rings. The highest BCUT2D eigenvalue weighted by molar-refractivity contribution is 5.80. The zero-order chi connectivity index (χ0) is 15.2. The van der Waals surface area contributed by atoms with Gasteiger partial charge in [0.1, 0.15) is 5.82 Å². The fourth-order valence-corrected chi connectivity index (χ4v) is 1.95. The minimum atomic E-state index is -0.716. The summed E-state index contributed by atoms with van der Waals surface area (Å²) in [6, 6.07) is 5.23. The second-order valence-corrected chi connectivity index (χ2v) is 4.47. The van der Waals surface area contributed by atoms with Crippen molar-refractivity contribution in [1.29, 1.82) is 0 Å². The molecule has 0 amide bonds. The number of benzene rings is 1. The van der Waals surface area contributed by atoms with E-state index < -0.39 is 12.0 Å². The zero-order valence-corrected chi connectivity index (χ0v) is 12.0. The largest absolute Gasteiger partial charge is 0.464 e. The predicted molar refractivity (Wildman–Crippen MR) is 77.3 cm³/mol. The fourth-order valence-electron chi connectivity index (χ4n) is 1.95. The van der Waals surface area contributed by atoms with Gasteiger partial charge in [0, 0.05) is 24.0 Å². The maximum atomic E-state index is 13.3. The number of esters is 1. The summed E-state index contributed by atoms with van der Waals surface area (Å²) >= 11 is 0. The number of carbonyl (C=O) groups is 1.